The summed E-state index contributed by atoms with van der Waals surface area (Å²) in [7, 11) is 0. The van der Waals surface area contributed by atoms with E-state index in [4.69, 9.17) is 21.1 Å². The predicted molar refractivity (Wildman–Crippen MR) is 55.9 cm³/mol. The Bertz CT molecular complexity index is 235. The maximum Gasteiger partial charge on any atom is 0.411 e. The van der Waals surface area contributed by atoms with Crippen molar-refractivity contribution < 1.29 is 14.3 Å². The van der Waals surface area contributed by atoms with Crippen LogP contribution in [0.2, 0.25) is 0 Å². The fourth-order valence-electron chi connectivity index (χ4n) is 2.45. The molecule has 15 heavy (non-hydrogen) atoms. The molecular weight excluding hydrogens is 218 g/mol. The summed E-state index contributed by atoms with van der Waals surface area (Å²) in [5.74, 6) is 0. The normalized spacial score (nSPS) is 30.9. The predicted octanol–water partition coefficient (Wildman–Crippen LogP) is 1.96. The van der Waals surface area contributed by atoms with Gasteiger partial charge < -0.3 is 14.4 Å². The van der Waals surface area contributed by atoms with Crippen molar-refractivity contribution in [3.63, 3.8) is 0 Å². The molecule has 2 unspecified atom stereocenters. The lowest BCUT2D eigenvalue weighted by Gasteiger charge is -2.42. The second kappa shape index (κ2) is 5.03. The summed E-state index contributed by atoms with van der Waals surface area (Å²) in [6, 6.07) is 0.122. The third-order valence-electron chi connectivity index (χ3n) is 3.14. The summed E-state index contributed by atoms with van der Waals surface area (Å²) in [4.78, 5) is 13.4. The van der Waals surface area contributed by atoms with Crippen LogP contribution in [0.5, 0.6) is 0 Å². The summed E-state index contributed by atoms with van der Waals surface area (Å²) in [5.41, 5.74) is 0. The van der Waals surface area contributed by atoms with E-state index in [0.717, 1.165) is 19.3 Å². The standard InChI is InChI=1S/C10H16ClNO3/c11-7-15-10(13)12-5-6-14-9-4-2-1-3-8(9)12/h8-9H,1-7H2. The Hall–Kier alpha value is -0.480. The fraction of sp³-hybridized carbons (Fsp3) is 0.900. The van der Waals surface area contributed by atoms with E-state index >= 15 is 0 Å². The van der Waals surface area contributed by atoms with Gasteiger partial charge in [-0.3, -0.25) is 0 Å². The minimum absolute atomic E-state index is 0.0758. The number of halogens is 1. The smallest absolute Gasteiger partial charge is 0.411 e. The second-order valence-electron chi connectivity index (χ2n) is 3.97. The maximum absolute atomic E-state index is 11.6. The van der Waals surface area contributed by atoms with E-state index in [1.807, 2.05) is 0 Å². The number of rotatable bonds is 1. The first kappa shape index (κ1) is 11.0. The lowest BCUT2D eigenvalue weighted by atomic mass is 9.90. The Morgan fingerprint density at radius 2 is 2.27 bits per heavy atom. The van der Waals surface area contributed by atoms with Gasteiger partial charge in [0.25, 0.3) is 0 Å². The number of nitrogens with zero attached hydrogens (tertiary/aromatic N) is 1. The molecule has 0 aromatic heterocycles. The monoisotopic (exact) mass is 233 g/mol. The van der Waals surface area contributed by atoms with Crippen LogP contribution in [-0.2, 0) is 9.47 Å². The Balaban J connectivity index is 2.00. The van der Waals surface area contributed by atoms with Gasteiger partial charge in [0.1, 0.15) is 0 Å². The van der Waals surface area contributed by atoms with Crippen LogP contribution in [-0.4, -0.2) is 42.4 Å². The van der Waals surface area contributed by atoms with Crippen LogP contribution in [0.25, 0.3) is 0 Å². The molecule has 0 bridgehead atoms. The van der Waals surface area contributed by atoms with Crippen LogP contribution in [0.1, 0.15) is 25.7 Å². The molecule has 2 aliphatic rings. The summed E-state index contributed by atoms with van der Waals surface area (Å²) >= 11 is 5.39. The number of ether oxygens (including phenoxy) is 2. The number of hydrogen-bond acceptors (Lipinski definition) is 3. The third-order valence-corrected chi connectivity index (χ3v) is 3.25. The molecule has 2 fully saturated rings. The van der Waals surface area contributed by atoms with Gasteiger partial charge in [-0.2, -0.15) is 0 Å². The van der Waals surface area contributed by atoms with Crippen LogP contribution >= 0.6 is 11.6 Å². The quantitative estimate of drug-likeness (QED) is 0.650. The molecular formula is C10H16ClNO3. The van der Waals surface area contributed by atoms with Crippen molar-refractivity contribution in [2.75, 3.05) is 19.2 Å². The first-order valence-electron chi connectivity index (χ1n) is 5.44. The van der Waals surface area contributed by atoms with Crippen LogP contribution in [0, 0.1) is 0 Å². The van der Waals surface area contributed by atoms with Gasteiger partial charge in [-0.25, -0.2) is 4.79 Å². The fourth-order valence-corrected chi connectivity index (χ4v) is 2.55. The Morgan fingerprint density at radius 3 is 3.07 bits per heavy atom. The number of hydrogen-bond donors (Lipinski definition) is 0. The number of carbonyl (C=O) groups excluding carboxylic acids is 1. The van der Waals surface area contributed by atoms with Gasteiger partial charge >= 0.3 is 6.09 Å². The zero-order valence-corrected chi connectivity index (χ0v) is 9.41. The van der Waals surface area contributed by atoms with Crippen molar-refractivity contribution in [3.8, 4) is 0 Å². The molecule has 4 nitrogen and oxygen atoms in total. The highest BCUT2D eigenvalue weighted by Gasteiger charge is 2.37. The second-order valence-corrected chi connectivity index (χ2v) is 4.19. The highest BCUT2D eigenvalue weighted by molar-refractivity contribution is 6.17. The lowest BCUT2D eigenvalue weighted by Crippen LogP contribution is -2.54. The Morgan fingerprint density at radius 1 is 1.47 bits per heavy atom. The van der Waals surface area contributed by atoms with Crippen molar-refractivity contribution in [2.45, 2.75) is 37.8 Å². The molecule has 0 aromatic carbocycles. The minimum atomic E-state index is -0.301. The molecule has 1 saturated heterocycles. The van der Waals surface area contributed by atoms with Gasteiger partial charge in [0.05, 0.1) is 18.8 Å². The Kier molecular flexibility index (Phi) is 3.70. The molecule has 1 aliphatic carbocycles. The van der Waals surface area contributed by atoms with Crippen molar-refractivity contribution in [2.24, 2.45) is 0 Å². The van der Waals surface area contributed by atoms with E-state index in [-0.39, 0.29) is 24.3 Å². The molecule has 1 amide bonds. The average Bonchev–Trinajstić information content (AvgIpc) is 2.28. The van der Waals surface area contributed by atoms with E-state index in [0.29, 0.717) is 13.2 Å². The third kappa shape index (κ3) is 2.37. The van der Waals surface area contributed by atoms with Gasteiger partial charge in [0.15, 0.2) is 6.07 Å². The first-order valence-corrected chi connectivity index (χ1v) is 5.97. The number of carbonyl (C=O) groups is 1. The molecule has 1 heterocycles. The summed E-state index contributed by atoms with van der Waals surface area (Å²) in [5, 5.41) is 0. The Labute approximate surface area is 94.5 Å². The maximum atomic E-state index is 11.6. The zero-order valence-electron chi connectivity index (χ0n) is 8.65. The van der Waals surface area contributed by atoms with Gasteiger partial charge in [-0.1, -0.05) is 24.4 Å². The topological polar surface area (TPSA) is 38.8 Å². The molecule has 86 valence electrons. The molecule has 2 atom stereocenters. The molecule has 1 saturated carbocycles. The van der Waals surface area contributed by atoms with Crippen LogP contribution in [0.4, 0.5) is 4.79 Å². The van der Waals surface area contributed by atoms with E-state index in [2.05, 4.69) is 0 Å². The minimum Gasteiger partial charge on any atom is -0.433 e. The molecule has 0 N–H and O–H groups in total. The largest absolute Gasteiger partial charge is 0.433 e. The van der Waals surface area contributed by atoms with E-state index in [9.17, 15) is 4.79 Å². The van der Waals surface area contributed by atoms with Crippen molar-refractivity contribution in [1.29, 1.82) is 0 Å². The van der Waals surface area contributed by atoms with Gasteiger partial charge in [-0.15, -0.1) is 0 Å². The van der Waals surface area contributed by atoms with Crippen molar-refractivity contribution in [3.05, 3.63) is 0 Å². The van der Waals surface area contributed by atoms with Gasteiger partial charge in [0, 0.05) is 6.54 Å². The number of morpholine rings is 1. The SMILES string of the molecule is O=C(OCCl)N1CCOC2CCCCC21. The first-order chi connectivity index (χ1) is 7.33. The summed E-state index contributed by atoms with van der Waals surface area (Å²) in [6.07, 6.45) is 4.33. The number of alkyl halides is 1. The lowest BCUT2D eigenvalue weighted by molar-refractivity contribution is -0.0801. The zero-order chi connectivity index (χ0) is 10.7. The van der Waals surface area contributed by atoms with Gasteiger partial charge in [0.2, 0.25) is 0 Å². The van der Waals surface area contributed by atoms with Crippen molar-refractivity contribution in [1.82, 2.24) is 4.90 Å². The number of amides is 1. The van der Waals surface area contributed by atoms with E-state index in [1.54, 1.807) is 4.90 Å². The molecule has 1 aliphatic heterocycles. The summed E-state index contributed by atoms with van der Waals surface area (Å²) in [6.45, 7) is 1.23. The van der Waals surface area contributed by atoms with Gasteiger partial charge in [-0.05, 0) is 12.8 Å². The average molecular weight is 234 g/mol. The van der Waals surface area contributed by atoms with E-state index in [1.165, 1.54) is 6.42 Å². The number of fused-ring (bicyclic) bond motifs is 1. The van der Waals surface area contributed by atoms with Crippen LogP contribution in [0.3, 0.4) is 0 Å². The summed E-state index contributed by atoms with van der Waals surface area (Å²) < 4.78 is 10.5. The molecule has 0 radical (unpaired) electrons. The highest BCUT2D eigenvalue weighted by Crippen LogP contribution is 2.28. The molecule has 0 spiro atoms. The van der Waals surface area contributed by atoms with Crippen molar-refractivity contribution >= 4 is 17.7 Å². The van der Waals surface area contributed by atoms with Crippen LogP contribution < -0.4 is 0 Å². The van der Waals surface area contributed by atoms with Crippen LogP contribution in [0.15, 0.2) is 0 Å². The molecule has 0 aromatic rings. The van der Waals surface area contributed by atoms with E-state index < -0.39 is 0 Å². The highest BCUT2D eigenvalue weighted by atomic mass is 35.5. The molecule has 2 rings (SSSR count). The molecule has 5 heteroatoms.